The number of imide groups is 1. The average Bonchev–Trinajstić information content (AvgIpc) is 3.30. The highest BCUT2D eigenvalue weighted by Crippen LogP contribution is 2.42. The molecule has 150 valence electrons. The first-order valence-corrected chi connectivity index (χ1v) is 10.8. The minimum absolute atomic E-state index is 0.0416. The molecular formula is C20H16ClNO6S. The first kappa shape index (κ1) is 19.6. The number of hydroxylamine groups is 2. The van der Waals surface area contributed by atoms with Gasteiger partial charge in [0.2, 0.25) is 0 Å². The summed E-state index contributed by atoms with van der Waals surface area (Å²) in [7, 11) is -4.14. The quantitative estimate of drug-likeness (QED) is 0.687. The maximum Gasteiger partial charge on any atom is 0.354 e. The van der Waals surface area contributed by atoms with Crippen LogP contribution in [-0.2, 0) is 19.5 Å². The van der Waals surface area contributed by atoms with Crippen LogP contribution in [-0.4, -0.2) is 36.0 Å². The number of hydrogen-bond acceptors (Lipinski definition) is 6. The molecule has 1 heterocycles. The van der Waals surface area contributed by atoms with Gasteiger partial charge in [0.15, 0.2) is 14.6 Å². The summed E-state index contributed by atoms with van der Waals surface area (Å²) < 4.78 is 24.8. The fourth-order valence-electron chi connectivity index (χ4n) is 3.78. The Morgan fingerprint density at radius 1 is 0.931 bits per heavy atom. The number of carbonyl (C=O) groups is 3. The molecule has 2 aromatic rings. The van der Waals surface area contributed by atoms with Crippen molar-refractivity contribution >= 4 is 39.2 Å². The molecule has 0 radical (unpaired) electrons. The normalized spacial score (nSPS) is 18.0. The molecule has 1 fully saturated rings. The van der Waals surface area contributed by atoms with Crippen molar-refractivity contribution in [2.45, 2.75) is 35.3 Å². The molecule has 9 heteroatoms. The number of carbonyl (C=O) groups excluding carboxylic acids is 3. The Morgan fingerprint density at radius 3 is 1.97 bits per heavy atom. The number of benzene rings is 2. The molecule has 1 aliphatic heterocycles. The fourth-order valence-corrected chi connectivity index (χ4v) is 5.94. The average molecular weight is 434 g/mol. The number of hydrogen-bond donors (Lipinski definition) is 0. The molecule has 0 aromatic heterocycles. The van der Waals surface area contributed by atoms with Crippen LogP contribution in [0, 0.1) is 0 Å². The molecule has 2 amide bonds. The summed E-state index contributed by atoms with van der Waals surface area (Å²) in [6.07, 6.45) is 1.09. The SMILES string of the molecule is O=C1c2ccccc2C(=O)N1OC(=O)C1(S(=O)(=O)c2ccc(Cl)cc2)CCCC1. The molecule has 0 unspecified atom stereocenters. The number of fused-ring (bicyclic) bond motifs is 1. The van der Waals surface area contributed by atoms with E-state index in [-0.39, 0.29) is 28.9 Å². The van der Waals surface area contributed by atoms with Crippen molar-refractivity contribution < 1.29 is 27.6 Å². The summed E-state index contributed by atoms with van der Waals surface area (Å²) in [5, 5.41) is 0.711. The first-order chi connectivity index (χ1) is 13.8. The Morgan fingerprint density at radius 2 is 1.45 bits per heavy atom. The van der Waals surface area contributed by atoms with Crippen molar-refractivity contribution in [3.05, 3.63) is 64.7 Å². The van der Waals surface area contributed by atoms with Gasteiger partial charge in [-0.05, 0) is 49.2 Å². The van der Waals surface area contributed by atoms with Crippen LogP contribution in [0.4, 0.5) is 0 Å². The number of amides is 2. The molecule has 2 aromatic carbocycles. The Bertz CT molecular complexity index is 1080. The highest BCUT2D eigenvalue weighted by atomic mass is 35.5. The molecule has 4 rings (SSSR count). The minimum Gasteiger partial charge on any atom is -0.328 e. The smallest absolute Gasteiger partial charge is 0.328 e. The Kier molecular flexibility index (Phi) is 4.71. The van der Waals surface area contributed by atoms with Crippen molar-refractivity contribution in [2.75, 3.05) is 0 Å². The lowest BCUT2D eigenvalue weighted by atomic mass is 10.1. The summed E-state index contributed by atoms with van der Waals surface area (Å²) in [4.78, 5) is 43.1. The molecule has 1 saturated carbocycles. The topological polar surface area (TPSA) is 97.8 Å². The maximum absolute atomic E-state index is 13.3. The predicted molar refractivity (Wildman–Crippen MR) is 103 cm³/mol. The Hall–Kier alpha value is -2.71. The van der Waals surface area contributed by atoms with Gasteiger partial charge in [0.25, 0.3) is 11.8 Å². The van der Waals surface area contributed by atoms with Crippen LogP contribution in [0.15, 0.2) is 53.4 Å². The third-order valence-corrected chi connectivity index (χ3v) is 8.10. The number of sulfone groups is 1. The van der Waals surface area contributed by atoms with E-state index in [0.29, 0.717) is 22.9 Å². The van der Waals surface area contributed by atoms with Crippen LogP contribution in [0.3, 0.4) is 0 Å². The van der Waals surface area contributed by atoms with Crippen LogP contribution in [0.2, 0.25) is 5.02 Å². The molecular weight excluding hydrogens is 418 g/mol. The molecule has 0 N–H and O–H groups in total. The molecule has 0 spiro atoms. The largest absolute Gasteiger partial charge is 0.354 e. The molecule has 0 atom stereocenters. The Labute approximate surface area is 172 Å². The van der Waals surface area contributed by atoms with Crippen molar-refractivity contribution in [2.24, 2.45) is 0 Å². The van der Waals surface area contributed by atoms with Gasteiger partial charge in [-0.1, -0.05) is 41.6 Å². The summed E-state index contributed by atoms with van der Waals surface area (Å²) in [5.74, 6) is -2.72. The molecule has 0 saturated heterocycles. The van der Waals surface area contributed by atoms with E-state index in [4.69, 9.17) is 16.4 Å². The van der Waals surface area contributed by atoms with Crippen LogP contribution >= 0.6 is 11.6 Å². The second-order valence-electron chi connectivity index (χ2n) is 6.99. The molecule has 7 nitrogen and oxygen atoms in total. The predicted octanol–water partition coefficient (Wildman–Crippen LogP) is 3.18. The van der Waals surface area contributed by atoms with Gasteiger partial charge in [-0.15, -0.1) is 0 Å². The number of rotatable bonds is 4. The van der Waals surface area contributed by atoms with Crippen molar-refractivity contribution in [1.82, 2.24) is 5.06 Å². The van der Waals surface area contributed by atoms with Gasteiger partial charge in [-0.3, -0.25) is 9.59 Å². The lowest BCUT2D eigenvalue weighted by Gasteiger charge is -2.27. The van der Waals surface area contributed by atoms with Gasteiger partial charge < -0.3 is 4.84 Å². The molecule has 2 aliphatic rings. The zero-order valence-electron chi connectivity index (χ0n) is 15.1. The van der Waals surface area contributed by atoms with Crippen LogP contribution < -0.4 is 0 Å². The van der Waals surface area contributed by atoms with Crippen molar-refractivity contribution in [1.29, 1.82) is 0 Å². The third kappa shape index (κ3) is 2.94. The third-order valence-electron chi connectivity index (χ3n) is 5.35. The van der Waals surface area contributed by atoms with Gasteiger partial charge in [0.05, 0.1) is 16.0 Å². The standard InChI is InChI=1S/C20H16ClNO6S/c21-13-7-9-14(10-8-13)29(26,27)20(11-3-4-12-20)19(25)28-22-17(23)15-5-1-2-6-16(15)18(22)24/h1-2,5-10H,3-4,11-12H2. The molecule has 1 aliphatic carbocycles. The first-order valence-electron chi connectivity index (χ1n) is 8.98. The zero-order valence-corrected chi connectivity index (χ0v) is 16.7. The van der Waals surface area contributed by atoms with Crippen molar-refractivity contribution in [3.8, 4) is 0 Å². The van der Waals surface area contributed by atoms with E-state index in [1.807, 2.05) is 0 Å². The van der Waals surface area contributed by atoms with E-state index in [1.54, 1.807) is 12.1 Å². The zero-order chi connectivity index (χ0) is 20.8. The highest BCUT2D eigenvalue weighted by Gasteiger charge is 2.56. The second-order valence-corrected chi connectivity index (χ2v) is 9.68. The number of nitrogens with zero attached hydrogens (tertiary/aromatic N) is 1. The molecule has 0 bridgehead atoms. The van der Waals surface area contributed by atoms with E-state index in [2.05, 4.69) is 0 Å². The Balaban J connectivity index is 1.68. The summed E-state index contributed by atoms with van der Waals surface area (Å²) >= 11 is 5.84. The lowest BCUT2D eigenvalue weighted by Crippen LogP contribution is -2.48. The van der Waals surface area contributed by atoms with E-state index < -0.39 is 32.4 Å². The van der Waals surface area contributed by atoms with E-state index in [1.165, 1.54) is 36.4 Å². The van der Waals surface area contributed by atoms with Crippen LogP contribution in [0.5, 0.6) is 0 Å². The van der Waals surface area contributed by atoms with Gasteiger partial charge in [0.1, 0.15) is 0 Å². The van der Waals surface area contributed by atoms with Gasteiger partial charge >= 0.3 is 5.97 Å². The summed E-state index contributed by atoms with van der Waals surface area (Å²) in [6.45, 7) is 0. The number of halogens is 1. The van der Waals surface area contributed by atoms with Crippen LogP contribution in [0.1, 0.15) is 46.4 Å². The van der Waals surface area contributed by atoms with E-state index >= 15 is 0 Å². The van der Waals surface area contributed by atoms with E-state index in [9.17, 15) is 22.8 Å². The molecule has 29 heavy (non-hydrogen) atoms. The summed E-state index contributed by atoms with van der Waals surface area (Å²) in [5.41, 5.74) is 0.206. The van der Waals surface area contributed by atoms with Gasteiger partial charge in [-0.25, -0.2) is 13.2 Å². The monoisotopic (exact) mass is 433 g/mol. The maximum atomic E-state index is 13.3. The fraction of sp³-hybridized carbons (Fsp3) is 0.250. The lowest BCUT2D eigenvalue weighted by molar-refractivity contribution is -0.171. The second kappa shape index (κ2) is 6.96. The van der Waals surface area contributed by atoms with Gasteiger partial charge in [-0.2, -0.15) is 0 Å². The van der Waals surface area contributed by atoms with Gasteiger partial charge in [0, 0.05) is 5.02 Å². The summed E-state index contributed by atoms with van der Waals surface area (Å²) in [6, 6.07) is 11.6. The minimum atomic E-state index is -4.14. The van der Waals surface area contributed by atoms with Crippen molar-refractivity contribution in [3.63, 3.8) is 0 Å². The highest BCUT2D eigenvalue weighted by molar-refractivity contribution is 7.93. The van der Waals surface area contributed by atoms with E-state index in [0.717, 1.165) is 0 Å². The van der Waals surface area contributed by atoms with Crippen LogP contribution in [0.25, 0.3) is 0 Å².